The largest absolute Gasteiger partial charge is 0.299 e. The third-order valence-corrected chi connectivity index (χ3v) is 3.41. The molecule has 1 nitrogen and oxygen atoms in total. The zero-order chi connectivity index (χ0) is 13.1. The van der Waals surface area contributed by atoms with E-state index in [1.54, 1.807) is 13.0 Å². The Morgan fingerprint density at radius 2 is 2.11 bits per heavy atom. The Morgan fingerprint density at radius 1 is 1.33 bits per heavy atom. The van der Waals surface area contributed by atoms with E-state index in [0.29, 0.717) is 5.56 Å². The van der Waals surface area contributed by atoms with Gasteiger partial charge in [0.05, 0.1) is 0 Å². The van der Waals surface area contributed by atoms with E-state index in [2.05, 4.69) is 6.08 Å². The van der Waals surface area contributed by atoms with Gasteiger partial charge in [-0.05, 0) is 37.0 Å². The minimum Gasteiger partial charge on any atom is -0.299 e. The van der Waals surface area contributed by atoms with Crippen LogP contribution >= 0.6 is 0 Å². The van der Waals surface area contributed by atoms with Gasteiger partial charge in [0.2, 0.25) is 0 Å². The number of benzene rings is 1. The lowest BCUT2D eigenvalue weighted by Crippen LogP contribution is -2.05. The van der Waals surface area contributed by atoms with Crippen LogP contribution in [0, 0.1) is 5.82 Å². The summed E-state index contributed by atoms with van der Waals surface area (Å²) in [5.41, 5.74) is 2.29. The molecule has 0 saturated heterocycles. The molecule has 0 saturated carbocycles. The number of allylic oxidation sites excluding steroid dienone is 4. The number of halogens is 1. The minimum absolute atomic E-state index is 0.0546. The lowest BCUT2D eigenvalue weighted by Gasteiger charge is -2.12. The second kappa shape index (κ2) is 5.30. The zero-order valence-electron chi connectivity index (χ0n) is 10.7. The van der Waals surface area contributed by atoms with Crippen molar-refractivity contribution in [3.8, 4) is 0 Å². The van der Waals surface area contributed by atoms with Crippen molar-refractivity contribution in [2.45, 2.75) is 32.6 Å². The number of rotatable bonds is 3. The molecule has 0 spiro atoms. The van der Waals surface area contributed by atoms with Gasteiger partial charge in [0, 0.05) is 11.5 Å². The van der Waals surface area contributed by atoms with E-state index in [-0.39, 0.29) is 17.5 Å². The van der Waals surface area contributed by atoms with Crippen LogP contribution in [0.1, 0.15) is 43.7 Å². The molecule has 0 aromatic heterocycles. The summed E-state index contributed by atoms with van der Waals surface area (Å²) < 4.78 is 14.1. The summed E-state index contributed by atoms with van der Waals surface area (Å²) in [7, 11) is 0. The SMILES string of the molecule is CC(=O)[C@@H](C)c1ccc(C2=CCCC=C2)c(F)c1. The Balaban J connectivity index is 2.33. The van der Waals surface area contributed by atoms with E-state index in [1.807, 2.05) is 18.2 Å². The van der Waals surface area contributed by atoms with Crippen LogP contribution in [0.5, 0.6) is 0 Å². The van der Waals surface area contributed by atoms with Crippen molar-refractivity contribution in [1.82, 2.24) is 0 Å². The molecule has 0 radical (unpaired) electrons. The van der Waals surface area contributed by atoms with E-state index in [1.165, 1.54) is 13.0 Å². The average Bonchev–Trinajstić information content (AvgIpc) is 2.38. The average molecular weight is 244 g/mol. The molecular formula is C16H17FO. The summed E-state index contributed by atoms with van der Waals surface area (Å²) in [5, 5.41) is 0. The molecule has 94 valence electrons. The molecule has 2 rings (SSSR count). The highest BCUT2D eigenvalue weighted by Gasteiger charge is 2.14. The smallest absolute Gasteiger partial charge is 0.136 e. The monoisotopic (exact) mass is 244 g/mol. The number of ketones is 1. The minimum atomic E-state index is -0.251. The molecule has 0 fully saturated rings. The van der Waals surface area contributed by atoms with Crippen molar-refractivity contribution in [2.75, 3.05) is 0 Å². The first-order valence-electron chi connectivity index (χ1n) is 6.26. The third-order valence-electron chi connectivity index (χ3n) is 3.41. The van der Waals surface area contributed by atoms with Crippen LogP contribution in [0.4, 0.5) is 4.39 Å². The zero-order valence-corrected chi connectivity index (χ0v) is 10.7. The highest BCUT2D eigenvalue weighted by atomic mass is 19.1. The van der Waals surface area contributed by atoms with Gasteiger partial charge >= 0.3 is 0 Å². The van der Waals surface area contributed by atoms with Gasteiger partial charge in [-0.2, -0.15) is 0 Å². The summed E-state index contributed by atoms with van der Waals surface area (Å²) in [6, 6.07) is 5.09. The Kier molecular flexibility index (Phi) is 3.75. The van der Waals surface area contributed by atoms with Gasteiger partial charge < -0.3 is 0 Å². The molecule has 1 atom stereocenters. The maximum atomic E-state index is 14.1. The van der Waals surface area contributed by atoms with Crippen LogP contribution in [0.3, 0.4) is 0 Å². The van der Waals surface area contributed by atoms with Gasteiger partial charge in [0.1, 0.15) is 11.6 Å². The third kappa shape index (κ3) is 2.58. The summed E-state index contributed by atoms with van der Waals surface area (Å²) >= 11 is 0. The van der Waals surface area contributed by atoms with E-state index in [4.69, 9.17) is 0 Å². The van der Waals surface area contributed by atoms with Crippen molar-refractivity contribution in [1.29, 1.82) is 0 Å². The summed E-state index contributed by atoms with van der Waals surface area (Å²) in [6.07, 6.45) is 8.03. The van der Waals surface area contributed by atoms with Crippen molar-refractivity contribution in [3.05, 3.63) is 53.4 Å². The van der Waals surface area contributed by atoms with Crippen LogP contribution in [0.2, 0.25) is 0 Å². The van der Waals surface area contributed by atoms with Gasteiger partial charge in [0.15, 0.2) is 0 Å². The van der Waals surface area contributed by atoms with Gasteiger partial charge in [0.25, 0.3) is 0 Å². The lowest BCUT2D eigenvalue weighted by molar-refractivity contribution is -0.118. The molecule has 0 bridgehead atoms. The molecule has 1 aromatic carbocycles. The molecule has 1 aliphatic rings. The Bertz CT molecular complexity index is 526. The quantitative estimate of drug-likeness (QED) is 0.776. The van der Waals surface area contributed by atoms with E-state index in [0.717, 1.165) is 24.0 Å². The van der Waals surface area contributed by atoms with Gasteiger partial charge in [-0.1, -0.05) is 37.3 Å². The molecule has 0 unspecified atom stereocenters. The number of Topliss-reactive ketones (excluding diaryl/α,β-unsaturated/α-hetero) is 1. The first-order chi connectivity index (χ1) is 8.59. The first-order valence-corrected chi connectivity index (χ1v) is 6.26. The predicted octanol–water partition coefficient (Wildman–Crippen LogP) is 4.25. The van der Waals surface area contributed by atoms with Crippen molar-refractivity contribution < 1.29 is 9.18 Å². The summed E-state index contributed by atoms with van der Waals surface area (Å²) in [4.78, 5) is 11.3. The number of carbonyl (C=O) groups is 1. The van der Waals surface area contributed by atoms with E-state index >= 15 is 0 Å². The second-order valence-corrected chi connectivity index (χ2v) is 4.71. The number of carbonyl (C=O) groups excluding carboxylic acids is 1. The predicted molar refractivity (Wildman–Crippen MR) is 71.8 cm³/mol. The first kappa shape index (κ1) is 12.7. The molecular weight excluding hydrogens is 227 g/mol. The summed E-state index contributed by atoms with van der Waals surface area (Å²) in [6.45, 7) is 3.33. The molecule has 18 heavy (non-hydrogen) atoms. The maximum absolute atomic E-state index is 14.1. The normalized spacial score (nSPS) is 16.3. The van der Waals surface area contributed by atoms with Crippen LogP contribution in [0.15, 0.2) is 36.4 Å². The number of hydrogen-bond donors (Lipinski definition) is 0. The Labute approximate surface area is 107 Å². The fourth-order valence-corrected chi connectivity index (χ4v) is 2.08. The summed E-state index contributed by atoms with van der Waals surface area (Å²) in [5.74, 6) is -0.443. The second-order valence-electron chi connectivity index (χ2n) is 4.71. The lowest BCUT2D eigenvalue weighted by atomic mass is 9.93. The Hall–Kier alpha value is -1.70. The fraction of sp³-hybridized carbons (Fsp3) is 0.312. The highest BCUT2D eigenvalue weighted by Crippen LogP contribution is 2.26. The van der Waals surface area contributed by atoms with Crippen molar-refractivity contribution in [2.24, 2.45) is 0 Å². The highest BCUT2D eigenvalue weighted by molar-refractivity contribution is 5.83. The maximum Gasteiger partial charge on any atom is 0.136 e. The van der Waals surface area contributed by atoms with Gasteiger partial charge in [-0.25, -0.2) is 4.39 Å². The van der Waals surface area contributed by atoms with E-state index < -0.39 is 0 Å². The number of hydrogen-bond acceptors (Lipinski definition) is 1. The molecule has 0 amide bonds. The topological polar surface area (TPSA) is 17.1 Å². The molecule has 0 aliphatic heterocycles. The van der Waals surface area contributed by atoms with Crippen LogP contribution in [-0.2, 0) is 4.79 Å². The standard InChI is InChI=1S/C16H17FO/c1-11(12(2)18)14-8-9-15(16(17)10-14)13-6-4-3-5-7-13/h4,6-11H,3,5H2,1-2H3/t11-/m1/s1. The van der Waals surface area contributed by atoms with Crippen molar-refractivity contribution in [3.63, 3.8) is 0 Å². The molecule has 1 aliphatic carbocycles. The van der Waals surface area contributed by atoms with Crippen molar-refractivity contribution >= 4 is 11.4 Å². The van der Waals surface area contributed by atoms with Crippen LogP contribution in [0.25, 0.3) is 5.57 Å². The molecule has 1 aromatic rings. The molecule has 0 heterocycles. The van der Waals surface area contributed by atoms with E-state index in [9.17, 15) is 9.18 Å². The van der Waals surface area contributed by atoms with Crippen LogP contribution < -0.4 is 0 Å². The fourth-order valence-electron chi connectivity index (χ4n) is 2.08. The van der Waals surface area contributed by atoms with Gasteiger partial charge in [-0.15, -0.1) is 0 Å². The molecule has 2 heteroatoms. The molecule has 0 N–H and O–H groups in total. The Morgan fingerprint density at radius 3 is 2.67 bits per heavy atom. The van der Waals surface area contributed by atoms with Gasteiger partial charge in [-0.3, -0.25) is 4.79 Å². The van der Waals surface area contributed by atoms with Crippen LogP contribution in [-0.4, -0.2) is 5.78 Å².